The van der Waals surface area contributed by atoms with Gasteiger partial charge in [-0.05, 0) is 86.3 Å². The Morgan fingerprint density at radius 2 is 1.84 bits per heavy atom. The van der Waals surface area contributed by atoms with Crippen molar-refractivity contribution in [3.63, 3.8) is 0 Å². The van der Waals surface area contributed by atoms with Gasteiger partial charge in [-0.3, -0.25) is 9.59 Å². The highest BCUT2D eigenvalue weighted by atomic mass is 16.2. The van der Waals surface area contributed by atoms with Gasteiger partial charge in [0.25, 0.3) is 0 Å². The molecule has 1 aromatic carbocycles. The number of allylic oxidation sites excluding steroid dienone is 4. The SMILES string of the molecule is C[C@@H](NC(=O)C1CCC2C3CCC4=CC(=O)C=CC4(C)C3CCC12C)c1ccccc1. The van der Waals surface area contributed by atoms with Crippen LogP contribution in [-0.2, 0) is 9.59 Å². The van der Waals surface area contributed by atoms with Gasteiger partial charge in [-0.25, -0.2) is 0 Å². The first kappa shape index (κ1) is 20.7. The molecule has 3 fully saturated rings. The maximum absolute atomic E-state index is 13.4. The summed E-state index contributed by atoms with van der Waals surface area (Å²) in [5.74, 6) is 2.36. The van der Waals surface area contributed by atoms with Crippen LogP contribution in [0.4, 0.5) is 0 Å². The Morgan fingerprint density at radius 3 is 2.61 bits per heavy atom. The van der Waals surface area contributed by atoms with Crippen LogP contribution in [0.2, 0.25) is 0 Å². The van der Waals surface area contributed by atoms with Crippen LogP contribution >= 0.6 is 0 Å². The first-order chi connectivity index (χ1) is 14.8. The lowest BCUT2D eigenvalue weighted by molar-refractivity contribution is -0.132. The van der Waals surface area contributed by atoms with E-state index in [2.05, 4.69) is 44.3 Å². The van der Waals surface area contributed by atoms with Crippen LogP contribution in [0.25, 0.3) is 0 Å². The second-order valence-corrected chi connectivity index (χ2v) is 10.9. The molecule has 5 rings (SSSR count). The molecule has 0 radical (unpaired) electrons. The van der Waals surface area contributed by atoms with E-state index >= 15 is 0 Å². The van der Waals surface area contributed by atoms with Crippen molar-refractivity contribution in [1.29, 1.82) is 0 Å². The van der Waals surface area contributed by atoms with Crippen molar-refractivity contribution in [2.24, 2.45) is 34.5 Å². The molecule has 164 valence electrons. The number of fused-ring (bicyclic) bond motifs is 5. The van der Waals surface area contributed by atoms with Gasteiger partial charge < -0.3 is 5.32 Å². The number of carbonyl (C=O) groups excluding carboxylic acids is 2. The minimum atomic E-state index is 0.0281. The van der Waals surface area contributed by atoms with Gasteiger partial charge >= 0.3 is 0 Å². The van der Waals surface area contributed by atoms with Crippen LogP contribution in [-0.4, -0.2) is 11.7 Å². The summed E-state index contributed by atoms with van der Waals surface area (Å²) in [6, 6.07) is 10.3. The summed E-state index contributed by atoms with van der Waals surface area (Å²) in [5, 5.41) is 3.33. The van der Waals surface area contributed by atoms with E-state index in [0.717, 1.165) is 37.7 Å². The van der Waals surface area contributed by atoms with E-state index < -0.39 is 0 Å². The molecule has 4 aliphatic rings. The Labute approximate surface area is 186 Å². The molecule has 0 spiro atoms. The van der Waals surface area contributed by atoms with Crippen LogP contribution < -0.4 is 5.32 Å². The summed E-state index contributed by atoms with van der Waals surface area (Å²) in [5.41, 5.74) is 2.62. The summed E-state index contributed by atoms with van der Waals surface area (Å²) in [7, 11) is 0. The average Bonchev–Trinajstić information content (AvgIpc) is 3.12. The van der Waals surface area contributed by atoms with Gasteiger partial charge in [0, 0.05) is 11.3 Å². The van der Waals surface area contributed by atoms with Gasteiger partial charge in [0.05, 0.1) is 6.04 Å². The fraction of sp³-hybridized carbons (Fsp3) is 0.571. The molecular formula is C28H35NO2. The summed E-state index contributed by atoms with van der Waals surface area (Å²) >= 11 is 0. The van der Waals surface area contributed by atoms with Gasteiger partial charge in [-0.2, -0.15) is 0 Å². The fourth-order valence-corrected chi connectivity index (χ4v) is 7.77. The number of benzene rings is 1. The van der Waals surface area contributed by atoms with E-state index in [1.165, 1.54) is 12.0 Å². The van der Waals surface area contributed by atoms with Crippen LogP contribution in [0, 0.1) is 34.5 Å². The molecule has 31 heavy (non-hydrogen) atoms. The average molecular weight is 418 g/mol. The fourth-order valence-electron chi connectivity index (χ4n) is 7.77. The van der Waals surface area contributed by atoms with Gasteiger partial charge in [-0.15, -0.1) is 0 Å². The molecule has 4 aliphatic carbocycles. The van der Waals surface area contributed by atoms with Crippen LogP contribution in [0.1, 0.15) is 70.9 Å². The molecule has 1 N–H and O–H groups in total. The van der Waals surface area contributed by atoms with Gasteiger partial charge in [0.15, 0.2) is 5.78 Å². The smallest absolute Gasteiger partial charge is 0.224 e. The minimum absolute atomic E-state index is 0.0281. The Balaban J connectivity index is 1.34. The number of carbonyl (C=O) groups is 2. The van der Waals surface area contributed by atoms with E-state index in [-0.39, 0.29) is 34.5 Å². The predicted molar refractivity (Wildman–Crippen MR) is 123 cm³/mol. The maximum atomic E-state index is 13.4. The van der Waals surface area contributed by atoms with Gasteiger partial charge in [0.2, 0.25) is 5.91 Å². The Bertz CT molecular complexity index is 947. The summed E-state index contributed by atoms with van der Waals surface area (Å²) in [6.45, 7) is 6.83. The zero-order valence-corrected chi connectivity index (χ0v) is 19.1. The van der Waals surface area contributed by atoms with Gasteiger partial charge in [0.1, 0.15) is 0 Å². The molecule has 1 amide bonds. The van der Waals surface area contributed by atoms with E-state index in [1.807, 2.05) is 24.3 Å². The Kier molecular flexibility index (Phi) is 4.99. The van der Waals surface area contributed by atoms with Crippen molar-refractivity contribution in [3.8, 4) is 0 Å². The standard InChI is InChI=1S/C28H35NO2/c1-18(19-7-5-4-6-8-19)29-26(31)25-12-11-23-22-10-9-20-17-21(30)13-15-27(20,2)24(22)14-16-28(23,25)3/h4-8,13,15,17-18,22-25H,9-12,14,16H2,1-3H3,(H,29,31)/t18-,22?,23?,24?,25?,27?,28?/m1/s1. The number of rotatable bonds is 3. The lowest BCUT2D eigenvalue weighted by Crippen LogP contribution is -2.51. The molecule has 0 saturated heterocycles. The normalized spacial score (nSPS) is 39.7. The molecule has 0 aliphatic heterocycles. The summed E-state index contributed by atoms with van der Waals surface area (Å²) in [4.78, 5) is 25.4. The first-order valence-electron chi connectivity index (χ1n) is 12.1. The van der Waals surface area contributed by atoms with E-state index in [1.54, 1.807) is 6.08 Å². The highest BCUT2D eigenvalue weighted by molar-refractivity contribution is 6.01. The Morgan fingerprint density at radius 1 is 1.06 bits per heavy atom. The minimum Gasteiger partial charge on any atom is -0.349 e. The lowest BCUT2D eigenvalue weighted by atomic mass is 9.48. The second kappa shape index (κ2) is 7.46. The molecule has 7 atom stereocenters. The number of hydrogen-bond donors (Lipinski definition) is 1. The monoisotopic (exact) mass is 417 g/mol. The quantitative estimate of drug-likeness (QED) is 0.677. The molecular weight excluding hydrogens is 382 g/mol. The highest BCUT2D eigenvalue weighted by Gasteiger charge is 2.59. The molecule has 0 heterocycles. The third kappa shape index (κ3) is 3.23. The summed E-state index contributed by atoms with van der Waals surface area (Å²) in [6.07, 6.45) is 12.5. The second-order valence-electron chi connectivity index (χ2n) is 10.9. The third-order valence-electron chi connectivity index (χ3n) is 9.53. The highest BCUT2D eigenvalue weighted by Crippen LogP contribution is 2.66. The van der Waals surface area contributed by atoms with E-state index in [9.17, 15) is 9.59 Å². The largest absolute Gasteiger partial charge is 0.349 e. The van der Waals surface area contributed by atoms with Crippen molar-refractivity contribution >= 4 is 11.7 Å². The predicted octanol–water partition coefficient (Wildman–Crippen LogP) is 5.79. The first-order valence-corrected chi connectivity index (χ1v) is 12.1. The molecule has 6 unspecified atom stereocenters. The molecule has 3 saturated carbocycles. The van der Waals surface area contributed by atoms with Crippen molar-refractivity contribution in [2.45, 2.75) is 65.3 Å². The molecule has 3 nitrogen and oxygen atoms in total. The van der Waals surface area contributed by atoms with E-state index in [4.69, 9.17) is 0 Å². The summed E-state index contributed by atoms with van der Waals surface area (Å²) < 4.78 is 0. The van der Waals surface area contributed by atoms with Crippen molar-refractivity contribution in [2.75, 3.05) is 0 Å². The zero-order chi connectivity index (χ0) is 21.8. The molecule has 0 aromatic heterocycles. The van der Waals surface area contributed by atoms with Crippen molar-refractivity contribution < 1.29 is 9.59 Å². The molecule has 3 heteroatoms. The third-order valence-corrected chi connectivity index (χ3v) is 9.53. The van der Waals surface area contributed by atoms with Crippen LogP contribution in [0.15, 0.2) is 54.1 Å². The topological polar surface area (TPSA) is 46.2 Å². The van der Waals surface area contributed by atoms with Crippen molar-refractivity contribution in [1.82, 2.24) is 5.32 Å². The lowest BCUT2D eigenvalue weighted by Gasteiger charge is -2.56. The number of nitrogens with one attached hydrogen (secondary N) is 1. The number of amides is 1. The Hall–Kier alpha value is -2.16. The van der Waals surface area contributed by atoms with E-state index in [0.29, 0.717) is 17.8 Å². The van der Waals surface area contributed by atoms with Gasteiger partial charge in [-0.1, -0.05) is 55.8 Å². The zero-order valence-electron chi connectivity index (χ0n) is 19.1. The van der Waals surface area contributed by atoms with Crippen LogP contribution in [0.3, 0.4) is 0 Å². The number of hydrogen-bond acceptors (Lipinski definition) is 2. The molecule has 0 bridgehead atoms. The van der Waals surface area contributed by atoms with Crippen molar-refractivity contribution in [3.05, 3.63) is 59.7 Å². The van der Waals surface area contributed by atoms with Crippen LogP contribution in [0.5, 0.6) is 0 Å². The number of ketones is 1. The maximum Gasteiger partial charge on any atom is 0.224 e. The molecule has 1 aromatic rings.